The summed E-state index contributed by atoms with van der Waals surface area (Å²) in [7, 11) is 0. The van der Waals surface area contributed by atoms with E-state index in [1.165, 1.54) is 10.9 Å². The van der Waals surface area contributed by atoms with E-state index in [2.05, 4.69) is 45.7 Å². The predicted octanol–water partition coefficient (Wildman–Crippen LogP) is 3.21. The summed E-state index contributed by atoms with van der Waals surface area (Å²) >= 11 is 0. The van der Waals surface area contributed by atoms with Crippen molar-refractivity contribution >= 4 is 17.5 Å². The zero-order chi connectivity index (χ0) is 22.7. The van der Waals surface area contributed by atoms with Crippen molar-refractivity contribution in [1.82, 2.24) is 29.9 Å². The molecular formula is C23H29N7O2. The molecule has 4 rings (SSSR count). The van der Waals surface area contributed by atoms with Crippen molar-refractivity contribution in [2.45, 2.75) is 65.0 Å². The summed E-state index contributed by atoms with van der Waals surface area (Å²) in [6, 6.07) is 8.23. The maximum absolute atomic E-state index is 12.7. The first-order valence-corrected chi connectivity index (χ1v) is 11.1. The second-order valence-electron chi connectivity index (χ2n) is 8.54. The van der Waals surface area contributed by atoms with Crippen molar-refractivity contribution in [1.29, 1.82) is 0 Å². The summed E-state index contributed by atoms with van der Waals surface area (Å²) in [6.45, 7) is 6.17. The normalized spacial score (nSPS) is 14.1. The Hall–Kier alpha value is -3.49. The number of anilines is 1. The number of aryl methyl sites for hydroxylation is 1. The van der Waals surface area contributed by atoms with Gasteiger partial charge in [-0.05, 0) is 37.3 Å². The van der Waals surface area contributed by atoms with Crippen LogP contribution in [0.2, 0.25) is 0 Å². The number of para-hydroxylation sites is 1. The summed E-state index contributed by atoms with van der Waals surface area (Å²) in [6.07, 6.45) is 7.53. The number of rotatable bonds is 7. The molecule has 0 radical (unpaired) electrons. The Morgan fingerprint density at radius 2 is 1.94 bits per heavy atom. The smallest absolute Gasteiger partial charge is 0.295 e. The molecule has 1 aliphatic rings. The van der Waals surface area contributed by atoms with E-state index in [1.54, 1.807) is 10.9 Å². The van der Waals surface area contributed by atoms with Gasteiger partial charge < -0.3 is 10.6 Å². The van der Waals surface area contributed by atoms with E-state index in [4.69, 9.17) is 0 Å². The lowest BCUT2D eigenvalue weighted by Gasteiger charge is -2.12. The van der Waals surface area contributed by atoms with Crippen molar-refractivity contribution < 1.29 is 9.59 Å². The Kier molecular flexibility index (Phi) is 6.34. The molecule has 0 bridgehead atoms. The summed E-state index contributed by atoms with van der Waals surface area (Å²) in [5, 5.41) is 14.4. The van der Waals surface area contributed by atoms with Crippen LogP contribution in [-0.4, -0.2) is 42.4 Å². The highest BCUT2D eigenvalue weighted by molar-refractivity contribution is 6.01. The van der Waals surface area contributed by atoms with Gasteiger partial charge in [-0.2, -0.15) is 5.10 Å². The van der Waals surface area contributed by atoms with Crippen molar-refractivity contribution in [3.8, 4) is 5.69 Å². The highest BCUT2D eigenvalue weighted by atomic mass is 16.2. The quantitative estimate of drug-likeness (QED) is 0.593. The molecule has 1 fully saturated rings. The van der Waals surface area contributed by atoms with Gasteiger partial charge in [0.25, 0.3) is 5.91 Å². The van der Waals surface area contributed by atoms with Crippen LogP contribution in [0.5, 0.6) is 0 Å². The van der Waals surface area contributed by atoms with Gasteiger partial charge in [-0.15, -0.1) is 5.10 Å². The van der Waals surface area contributed by atoms with Gasteiger partial charge in [0.15, 0.2) is 0 Å². The minimum absolute atomic E-state index is 0.0715. The SMILES string of the molecule is Cc1nc(C(=O)Nc2cnn(CC(=O)NC3CCCC3)c2)nn1-c1ccccc1C(C)C. The Labute approximate surface area is 187 Å². The van der Waals surface area contributed by atoms with Crippen LogP contribution in [-0.2, 0) is 11.3 Å². The molecule has 1 aromatic carbocycles. The van der Waals surface area contributed by atoms with Gasteiger partial charge in [0.05, 0.1) is 17.6 Å². The van der Waals surface area contributed by atoms with Crippen molar-refractivity contribution in [3.05, 3.63) is 53.9 Å². The van der Waals surface area contributed by atoms with Crippen LogP contribution in [0.4, 0.5) is 5.69 Å². The minimum Gasteiger partial charge on any atom is -0.352 e. The monoisotopic (exact) mass is 435 g/mol. The van der Waals surface area contributed by atoms with E-state index in [0.717, 1.165) is 36.9 Å². The number of carbonyl (C=O) groups is 2. The van der Waals surface area contributed by atoms with Gasteiger partial charge in [0, 0.05) is 12.2 Å². The molecule has 3 aromatic rings. The lowest BCUT2D eigenvalue weighted by Crippen LogP contribution is -2.35. The molecule has 9 heteroatoms. The molecule has 9 nitrogen and oxygen atoms in total. The second-order valence-corrected chi connectivity index (χ2v) is 8.54. The van der Waals surface area contributed by atoms with Gasteiger partial charge >= 0.3 is 0 Å². The number of hydrogen-bond donors (Lipinski definition) is 2. The Balaban J connectivity index is 1.42. The van der Waals surface area contributed by atoms with Crippen LogP contribution in [0, 0.1) is 6.92 Å². The Bertz CT molecular complexity index is 1110. The number of carbonyl (C=O) groups excluding carboxylic acids is 2. The lowest BCUT2D eigenvalue weighted by atomic mass is 10.0. The molecule has 2 amide bonds. The topological polar surface area (TPSA) is 107 Å². The molecule has 2 heterocycles. The van der Waals surface area contributed by atoms with Crippen LogP contribution in [0.15, 0.2) is 36.7 Å². The fraction of sp³-hybridized carbons (Fsp3) is 0.435. The molecule has 0 saturated heterocycles. The van der Waals surface area contributed by atoms with E-state index in [0.29, 0.717) is 17.4 Å². The van der Waals surface area contributed by atoms with Gasteiger partial charge in [-0.3, -0.25) is 14.3 Å². The number of amides is 2. The first-order valence-electron chi connectivity index (χ1n) is 11.1. The molecular weight excluding hydrogens is 406 g/mol. The number of nitrogens with one attached hydrogen (secondary N) is 2. The van der Waals surface area contributed by atoms with Crippen molar-refractivity contribution in [2.24, 2.45) is 0 Å². The summed E-state index contributed by atoms with van der Waals surface area (Å²) < 4.78 is 3.21. The molecule has 0 aliphatic heterocycles. The Morgan fingerprint density at radius 1 is 1.19 bits per heavy atom. The third kappa shape index (κ3) is 4.87. The van der Waals surface area contributed by atoms with Crippen LogP contribution in [0.3, 0.4) is 0 Å². The second kappa shape index (κ2) is 9.33. The van der Waals surface area contributed by atoms with E-state index in [-0.39, 0.29) is 24.3 Å². The average molecular weight is 436 g/mol. The molecule has 2 N–H and O–H groups in total. The third-order valence-electron chi connectivity index (χ3n) is 5.68. The lowest BCUT2D eigenvalue weighted by molar-refractivity contribution is -0.122. The van der Waals surface area contributed by atoms with E-state index < -0.39 is 5.91 Å². The first-order chi connectivity index (χ1) is 15.4. The van der Waals surface area contributed by atoms with Gasteiger partial charge in [0.1, 0.15) is 12.4 Å². The van der Waals surface area contributed by atoms with Crippen molar-refractivity contribution in [3.63, 3.8) is 0 Å². The Morgan fingerprint density at radius 3 is 2.69 bits per heavy atom. The molecule has 0 spiro atoms. The fourth-order valence-electron chi connectivity index (χ4n) is 4.08. The number of benzene rings is 1. The number of nitrogens with zero attached hydrogens (tertiary/aromatic N) is 5. The largest absolute Gasteiger partial charge is 0.352 e. The van der Waals surface area contributed by atoms with Crippen LogP contribution >= 0.6 is 0 Å². The van der Waals surface area contributed by atoms with E-state index in [9.17, 15) is 9.59 Å². The van der Waals surface area contributed by atoms with Gasteiger partial charge in [-0.25, -0.2) is 9.67 Å². The minimum atomic E-state index is -0.427. The maximum atomic E-state index is 12.7. The fourth-order valence-corrected chi connectivity index (χ4v) is 4.08. The van der Waals surface area contributed by atoms with Crippen LogP contribution < -0.4 is 10.6 Å². The number of hydrogen-bond acceptors (Lipinski definition) is 5. The molecule has 2 aromatic heterocycles. The molecule has 1 aliphatic carbocycles. The highest BCUT2D eigenvalue weighted by Gasteiger charge is 2.19. The van der Waals surface area contributed by atoms with Crippen LogP contribution in [0.25, 0.3) is 5.69 Å². The zero-order valence-electron chi connectivity index (χ0n) is 18.7. The number of aromatic nitrogens is 5. The van der Waals surface area contributed by atoms with Crippen molar-refractivity contribution in [2.75, 3.05) is 5.32 Å². The molecule has 1 saturated carbocycles. The average Bonchev–Trinajstić information content (AvgIpc) is 3.50. The standard InChI is InChI=1S/C23H29N7O2/c1-15(2)19-10-6-7-11-20(19)30-16(3)25-22(28-30)23(32)27-18-12-24-29(13-18)14-21(31)26-17-8-4-5-9-17/h6-7,10-13,15,17H,4-5,8-9,14H2,1-3H3,(H,26,31)(H,27,32). The molecule has 0 atom stereocenters. The van der Waals surface area contributed by atoms with E-state index >= 15 is 0 Å². The van der Waals surface area contributed by atoms with Crippen LogP contribution in [0.1, 0.15) is 67.5 Å². The van der Waals surface area contributed by atoms with E-state index in [1.807, 2.05) is 25.1 Å². The van der Waals surface area contributed by atoms with Gasteiger partial charge in [-0.1, -0.05) is 44.9 Å². The zero-order valence-corrected chi connectivity index (χ0v) is 18.7. The first kappa shape index (κ1) is 21.7. The summed E-state index contributed by atoms with van der Waals surface area (Å²) in [4.78, 5) is 29.3. The molecule has 168 valence electrons. The summed E-state index contributed by atoms with van der Waals surface area (Å²) in [5.74, 6) is 0.515. The third-order valence-corrected chi connectivity index (χ3v) is 5.68. The summed E-state index contributed by atoms with van der Waals surface area (Å²) in [5.41, 5.74) is 2.53. The molecule has 0 unspecified atom stereocenters. The highest BCUT2D eigenvalue weighted by Crippen LogP contribution is 2.23. The van der Waals surface area contributed by atoms with Gasteiger partial charge in [0.2, 0.25) is 11.7 Å². The maximum Gasteiger partial charge on any atom is 0.295 e. The molecule has 32 heavy (non-hydrogen) atoms. The predicted molar refractivity (Wildman–Crippen MR) is 121 cm³/mol.